The van der Waals surface area contributed by atoms with Crippen molar-refractivity contribution in [2.24, 2.45) is 0 Å². The third-order valence-electron chi connectivity index (χ3n) is 4.95. The highest BCUT2D eigenvalue weighted by Gasteiger charge is 2.36. The fourth-order valence-electron chi connectivity index (χ4n) is 3.31. The van der Waals surface area contributed by atoms with Gasteiger partial charge in [-0.15, -0.1) is 11.6 Å². The number of sulfonamides is 1. The molecule has 0 aliphatic heterocycles. The number of methoxy groups -OCH3 is 1. The van der Waals surface area contributed by atoms with E-state index in [9.17, 15) is 36.5 Å². The molecule has 1 heterocycles. The van der Waals surface area contributed by atoms with E-state index in [1.165, 1.54) is 12.1 Å². The number of nitrogens with zero attached hydrogens (tertiary/aromatic N) is 3. The van der Waals surface area contributed by atoms with Crippen LogP contribution in [0.4, 0.5) is 24.5 Å². The summed E-state index contributed by atoms with van der Waals surface area (Å²) in [6, 6.07) is 8.00. The summed E-state index contributed by atoms with van der Waals surface area (Å²) in [7, 11) is -3.74. The fraction of sp³-hybridized carbons (Fsp3) is 0.182. The zero-order chi connectivity index (χ0) is 27.5. The van der Waals surface area contributed by atoms with Gasteiger partial charge in [-0.25, -0.2) is 17.7 Å². The molecule has 0 N–H and O–H groups in total. The Morgan fingerprint density at radius 2 is 1.86 bits per heavy atom. The lowest BCUT2D eigenvalue weighted by molar-refractivity contribution is -0.385. The first-order valence-electron chi connectivity index (χ1n) is 10.0. The van der Waals surface area contributed by atoms with Crippen LogP contribution in [0.15, 0.2) is 59.6 Å². The van der Waals surface area contributed by atoms with Crippen LogP contribution in [-0.2, 0) is 26.8 Å². The van der Waals surface area contributed by atoms with E-state index in [2.05, 4.69) is 4.98 Å². The molecular formula is C22H16Cl2F3N3O6S. The number of rotatable bonds is 9. The molecule has 37 heavy (non-hydrogen) atoms. The number of pyridine rings is 1. The van der Waals surface area contributed by atoms with Gasteiger partial charge in [0.05, 0.1) is 26.1 Å². The van der Waals surface area contributed by atoms with Crippen molar-refractivity contribution in [3.05, 3.63) is 92.2 Å². The Labute approximate surface area is 218 Å². The minimum absolute atomic E-state index is 0.129. The van der Waals surface area contributed by atoms with Crippen LogP contribution in [0.25, 0.3) is 0 Å². The van der Waals surface area contributed by atoms with Crippen molar-refractivity contribution in [2.75, 3.05) is 18.1 Å². The molecule has 0 aliphatic rings. The first kappa shape index (κ1) is 28.3. The van der Waals surface area contributed by atoms with Crippen LogP contribution in [-0.4, -0.2) is 37.9 Å². The minimum atomic E-state index is -4.89. The normalized spacial score (nSPS) is 11.8. The second kappa shape index (κ2) is 11.0. The summed E-state index contributed by atoms with van der Waals surface area (Å²) in [6.45, 7) is -0.770. The molecule has 0 amide bonds. The number of aromatic nitrogens is 1. The number of ketones is 1. The summed E-state index contributed by atoms with van der Waals surface area (Å²) in [6.07, 6.45) is -3.87. The zero-order valence-corrected chi connectivity index (χ0v) is 21.0. The molecule has 3 rings (SSSR count). The zero-order valence-electron chi connectivity index (χ0n) is 18.7. The number of nitro benzene ring substituents is 1. The van der Waals surface area contributed by atoms with Crippen LogP contribution < -0.4 is 4.31 Å². The van der Waals surface area contributed by atoms with E-state index < -0.39 is 72.6 Å². The SMILES string of the molecule is COCN(c1cc(Cl)cnc1C(=O)c1ccccc1[N+](=O)[O-])S(=O)(=O)c1cc(CCl)cc(C(F)(F)F)c1. The molecule has 0 fully saturated rings. The van der Waals surface area contributed by atoms with E-state index in [1.807, 2.05) is 0 Å². The van der Waals surface area contributed by atoms with Crippen molar-refractivity contribution in [2.45, 2.75) is 17.0 Å². The molecule has 3 aromatic rings. The lowest BCUT2D eigenvalue weighted by Crippen LogP contribution is -2.34. The van der Waals surface area contributed by atoms with Gasteiger partial charge in [-0.2, -0.15) is 13.2 Å². The van der Waals surface area contributed by atoms with Crippen LogP contribution in [0.1, 0.15) is 27.2 Å². The summed E-state index contributed by atoms with van der Waals surface area (Å²) in [4.78, 5) is 27.1. The predicted molar refractivity (Wildman–Crippen MR) is 128 cm³/mol. The number of halogens is 5. The van der Waals surface area contributed by atoms with E-state index in [-0.39, 0.29) is 10.6 Å². The van der Waals surface area contributed by atoms with Crippen molar-refractivity contribution in [1.29, 1.82) is 0 Å². The van der Waals surface area contributed by atoms with Crippen molar-refractivity contribution < 1.29 is 36.0 Å². The summed E-state index contributed by atoms with van der Waals surface area (Å²) >= 11 is 11.7. The van der Waals surface area contributed by atoms with Crippen molar-refractivity contribution >= 4 is 50.4 Å². The monoisotopic (exact) mass is 577 g/mol. The quantitative estimate of drug-likeness (QED) is 0.109. The largest absolute Gasteiger partial charge is 0.416 e. The van der Waals surface area contributed by atoms with Crippen LogP contribution in [0.5, 0.6) is 0 Å². The second-order valence-electron chi connectivity index (χ2n) is 7.39. The third-order valence-corrected chi connectivity index (χ3v) is 7.17. The molecular weight excluding hydrogens is 562 g/mol. The number of benzene rings is 2. The number of para-hydroxylation sites is 1. The number of nitro groups is 1. The lowest BCUT2D eigenvalue weighted by Gasteiger charge is -2.25. The number of anilines is 1. The maximum atomic E-state index is 13.6. The number of ether oxygens (including phenoxy) is 1. The molecule has 0 saturated carbocycles. The maximum absolute atomic E-state index is 13.6. The molecule has 196 valence electrons. The molecule has 2 aromatic carbocycles. The summed E-state index contributed by atoms with van der Waals surface area (Å²) < 4.78 is 73.0. The van der Waals surface area contributed by atoms with Crippen LogP contribution in [0.3, 0.4) is 0 Å². The van der Waals surface area contributed by atoms with Gasteiger partial charge in [0.25, 0.3) is 15.7 Å². The lowest BCUT2D eigenvalue weighted by atomic mass is 10.0. The van der Waals surface area contributed by atoms with Gasteiger partial charge in [-0.1, -0.05) is 23.7 Å². The standard InChI is InChI=1S/C22H16Cl2F3N3O6S/c1-36-12-29(37(34,35)16-7-13(10-23)6-14(8-16)22(25,26)27)19-9-15(24)11-28-20(19)21(31)17-4-2-3-5-18(17)30(32)33/h2-9,11H,10,12H2,1H3. The summed E-state index contributed by atoms with van der Waals surface area (Å²) in [5.41, 5.74) is -3.40. The highest BCUT2D eigenvalue weighted by molar-refractivity contribution is 7.92. The molecule has 0 radical (unpaired) electrons. The Balaban J connectivity index is 2.26. The molecule has 0 aliphatic carbocycles. The topological polar surface area (TPSA) is 120 Å². The Kier molecular flexibility index (Phi) is 8.42. The summed E-state index contributed by atoms with van der Waals surface area (Å²) in [5, 5.41) is 11.3. The molecule has 0 atom stereocenters. The summed E-state index contributed by atoms with van der Waals surface area (Å²) in [5.74, 6) is -1.45. The Hall–Kier alpha value is -3.26. The molecule has 1 aromatic heterocycles. The average Bonchev–Trinajstić information content (AvgIpc) is 2.85. The molecule has 0 saturated heterocycles. The van der Waals surface area contributed by atoms with Crippen LogP contribution in [0, 0.1) is 10.1 Å². The van der Waals surface area contributed by atoms with E-state index in [4.69, 9.17) is 27.9 Å². The van der Waals surface area contributed by atoms with E-state index in [0.29, 0.717) is 16.4 Å². The molecule has 0 unspecified atom stereocenters. The fourth-order valence-corrected chi connectivity index (χ4v) is 5.09. The Bertz CT molecular complexity index is 1470. The number of hydrogen-bond acceptors (Lipinski definition) is 7. The third kappa shape index (κ3) is 6.01. The predicted octanol–water partition coefficient (Wildman–Crippen LogP) is 5.43. The van der Waals surface area contributed by atoms with Gasteiger partial charge in [0.1, 0.15) is 18.0 Å². The van der Waals surface area contributed by atoms with Crippen molar-refractivity contribution in [3.8, 4) is 0 Å². The molecule has 0 spiro atoms. The maximum Gasteiger partial charge on any atom is 0.416 e. The van der Waals surface area contributed by atoms with Gasteiger partial charge in [-0.3, -0.25) is 14.9 Å². The van der Waals surface area contributed by atoms with Gasteiger partial charge < -0.3 is 4.74 Å². The van der Waals surface area contributed by atoms with E-state index >= 15 is 0 Å². The van der Waals surface area contributed by atoms with Gasteiger partial charge in [0.15, 0.2) is 0 Å². The van der Waals surface area contributed by atoms with Gasteiger partial charge in [-0.05, 0) is 35.9 Å². The van der Waals surface area contributed by atoms with E-state index in [0.717, 1.165) is 37.6 Å². The number of carbonyl (C=O) groups excluding carboxylic acids is 1. The van der Waals surface area contributed by atoms with E-state index in [1.54, 1.807) is 0 Å². The van der Waals surface area contributed by atoms with Gasteiger partial charge in [0, 0.05) is 25.3 Å². The van der Waals surface area contributed by atoms with Gasteiger partial charge in [0.2, 0.25) is 5.78 Å². The molecule has 15 heteroatoms. The Morgan fingerprint density at radius 3 is 2.46 bits per heavy atom. The second-order valence-corrected chi connectivity index (χ2v) is 9.96. The number of carbonyl (C=O) groups is 1. The van der Waals surface area contributed by atoms with Crippen molar-refractivity contribution in [1.82, 2.24) is 4.98 Å². The average molecular weight is 578 g/mol. The smallest absolute Gasteiger partial charge is 0.363 e. The van der Waals surface area contributed by atoms with Gasteiger partial charge >= 0.3 is 6.18 Å². The number of alkyl halides is 4. The molecule has 9 nitrogen and oxygen atoms in total. The number of hydrogen-bond donors (Lipinski definition) is 0. The highest BCUT2D eigenvalue weighted by Crippen LogP contribution is 2.35. The molecule has 0 bridgehead atoms. The van der Waals surface area contributed by atoms with Crippen molar-refractivity contribution in [3.63, 3.8) is 0 Å². The first-order chi connectivity index (χ1) is 17.3. The van der Waals surface area contributed by atoms with Crippen LogP contribution >= 0.6 is 23.2 Å². The van der Waals surface area contributed by atoms with Crippen LogP contribution in [0.2, 0.25) is 5.02 Å². The minimum Gasteiger partial charge on any atom is -0.363 e. The first-order valence-corrected chi connectivity index (χ1v) is 12.4. The highest BCUT2D eigenvalue weighted by atomic mass is 35.5. The Morgan fingerprint density at radius 1 is 1.19 bits per heavy atom.